The summed E-state index contributed by atoms with van der Waals surface area (Å²) in [5.41, 5.74) is 10.6. The predicted octanol–water partition coefficient (Wildman–Crippen LogP) is 2.37. The summed E-state index contributed by atoms with van der Waals surface area (Å²) < 4.78 is 0. The smallest absolute Gasteiger partial charge is 0.227 e. The molecule has 5 nitrogen and oxygen atoms in total. The van der Waals surface area contributed by atoms with Gasteiger partial charge in [-0.2, -0.15) is 5.10 Å². The standard InChI is InChI=1S/C20H24N4O/c21-19(23-22)11-12-20(25)24-14-13-17-16(7-4-8-18(17)24)10-9-15-5-2-1-3-6-15/h1-8H,9-14,22H2,(H2,21,23). The monoisotopic (exact) mass is 336 g/mol. The lowest BCUT2D eigenvalue weighted by Crippen LogP contribution is -2.30. The van der Waals surface area contributed by atoms with E-state index in [4.69, 9.17) is 11.6 Å². The van der Waals surface area contributed by atoms with Gasteiger partial charge in [-0.05, 0) is 42.0 Å². The number of nitrogens with zero attached hydrogens (tertiary/aromatic N) is 2. The van der Waals surface area contributed by atoms with Crippen LogP contribution >= 0.6 is 0 Å². The Labute approximate surface area is 148 Å². The molecule has 1 amide bonds. The second-order valence-electron chi connectivity index (χ2n) is 6.32. The molecule has 3 rings (SSSR count). The average Bonchev–Trinajstić information content (AvgIpc) is 3.09. The number of amidine groups is 1. The van der Waals surface area contributed by atoms with Crippen LogP contribution in [0.1, 0.15) is 29.5 Å². The van der Waals surface area contributed by atoms with Crippen molar-refractivity contribution in [2.45, 2.75) is 32.1 Å². The third-order valence-corrected chi connectivity index (χ3v) is 4.71. The van der Waals surface area contributed by atoms with Gasteiger partial charge in [-0.1, -0.05) is 42.5 Å². The van der Waals surface area contributed by atoms with Crippen LogP contribution in [0.2, 0.25) is 0 Å². The van der Waals surface area contributed by atoms with E-state index in [1.165, 1.54) is 16.7 Å². The first-order chi connectivity index (χ1) is 12.2. The lowest BCUT2D eigenvalue weighted by Gasteiger charge is -2.18. The van der Waals surface area contributed by atoms with Gasteiger partial charge in [0.05, 0.1) is 0 Å². The number of carbonyl (C=O) groups is 1. The van der Waals surface area contributed by atoms with Crippen molar-refractivity contribution in [1.29, 1.82) is 0 Å². The van der Waals surface area contributed by atoms with E-state index in [-0.39, 0.29) is 5.91 Å². The van der Waals surface area contributed by atoms with Gasteiger partial charge in [0.2, 0.25) is 5.91 Å². The van der Waals surface area contributed by atoms with Crippen LogP contribution in [0, 0.1) is 0 Å². The quantitative estimate of drug-likeness (QED) is 0.367. The third-order valence-electron chi connectivity index (χ3n) is 4.71. The van der Waals surface area contributed by atoms with Crippen LogP contribution in [0.4, 0.5) is 5.69 Å². The fourth-order valence-corrected chi connectivity index (χ4v) is 3.36. The van der Waals surface area contributed by atoms with Gasteiger partial charge in [0, 0.05) is 25.1 Å². The van der Waals surface area contributed by atoms with Crippen LogP contribution in [0.3, 0.4) is 0 Å². The zero-order valence-corrected chi connectivity index (χ0v) is 14.3. The van der Waals surface area contributed by atoms with E-state index < -0.39 is 0 Å². The van der Waals surface area contributed by atoms with Gasteiger partial charge in [0.15, 0.2) is 0 Å². The first kappa shape index (κ1) is 17.0. The van der Waals surface area contributed by atoms with Crippen molar-refractivity contribution in [2.24, 2.45) is 16.7 Å². The Kier molecular flexibility index (Phi) is 5.33. The Morgan fingerprint density at radius 1 is 1.04 bits per heavy atom. The number of carbonyl (C=O) groups excluding carboxylic acids is 1. The van der Waals surface area contributed by atoms with Gasteiger partial charge < -0.3 is 16.5 Å². The Hall–Kier alpha value is -2.82. The van der Waals surface area contributed by atoms with Crippen molar-refractivity contribution in [1.82, 2.24) is 0 Å². The van der Waals surface area contributed by atoms with Crippen LogP contribution in [0.5, 0.6) is 0 Å². The molecule has 1 aliphatic rings. The zero-order valence-electron chi connectivity index (χ0n) is 14.3. The van der Waals surface area contributed by atoms with Gasteiger partial charge in [0.25, 0.3) is 0 Å². The second kappa shape index (κ2) is 7.83. The highest BCUT2D eigenvalue weighted by atomic mass is 16.2. The molecule has 1 aliphatic heterocycles. The summed E-state index contributed by atoms with van der Waals surface area (Å²) in [6, 6.07) is 16.7. The number of hydrogen-bond acceptors (Lipinski definition) is 3. The van der Waals surface area contributed by atoms with Gasteiger partial charge in [-0.3, -0.25) is 4.79 Å². The molecule has 0 bridgehead atoms. The normalized spacial score (nSPS) is 13.8. The number of hydrogen-bond donors (Lipinski definition) is 2. The molecular formula is C20H24N4O. The van der Waals surface area contributed by atoms with E-state index >= 15 is 0 Å². The molecule has 25 heavy (non-hydrogen) atoms. The lowest BCUT2D eigenvalue weighted by molar-refractivity contribution is -0.118. The predicted molar refractivity (Wildman–Crippen MR) is 101 cm³/mol. The topological polar surface area (TPSA) is 84.7 Å². The van der Waals surface area contributed by atoms with Crippen molar-refractivity contribution < 1.29 is 4.79 Å². The third kappa shape index (κ3) is 3.99. The van der Waals surface area contributed by atoms with Crippen LogP contribution in [-0.2, 0) is 24.1 Å². The van der Waals surface area contributed by atoms with Crippen molar-refractivity contribution in [2.75, 3.05) is 11.4 Å². The highest BCUT2D eigenvalue weighted by molar-refractivity contribution is 5.97. The minimum atomic E-state index is 0.0746. The minimum absolute atomic E-state index is 0.0746. The largest absolute Gasteiger partial charge is 0.386 e. The van der Waals surface area contributed by atoms with Crippen molar-refractivity contribution in [3.05, 3.63) is 65.2 Å². The Morgan fingerprint density at radius 2 is 1.84 bits per heavy atom. The Morgan fingerprint density at radius 3 is 2.60 bits per heavy atom. The molecule has 0 unspecified atom stereocenters. The van der Waals surface area contributed by atoms with Crippen LogP contribution < -0.4 is 16.5 Å². The Bertz CT molecular complexity index is 771. The number of hydrazone groups is 1. The molecule has 130 valence electrons. The maximum Gasteiger partial charge on any atom is 0.227 e. The fourth-order valence-electron chi connectivity index (χ4n) is 3.36. The van der Waals surface area contributed by atoms with Crippen LogP contribution in [-0.4, -0.2) is 18.3 Å². The summed E-state index contributed by atoms with van der Waals surface area (Å²) in [4.78, 5) is 14.4. The molecule has 0 aliphatic carbocycles. The van der Waals surface area contributed by atoms with Crippen molar-refractivity contribution in [3.8, 4) is 0 Å². The summed E-state index contributed by atoms with van der Waals surface area (Å²) in [7, 11) is 0. The van der Waals surface area contributed by atoms with Gasteiger partial charge in [-0.25, -0.2) is 0 Å². The van der Waals surface area contributed by atoms with E-state index in [1.54, 1.807) is 0 Å². The van der Waals surface area contributed by atoms with E-state index in [1.807, 2.05) is 23.1 Å². The number of fused-ring (bicyclic) bond motifs is 1. The van der Waals surface area contributed by atoms with Gasteiger partial charge >= 0.3 is 0 Å². The van der Waals surface area contributed by atoms with Crippen LogP contribution in [0.25, 0.3) is 0 Å². The molecule has 0 saturated carbocycles. The summed E-state index contributed by atoms with van der Waals surface area (Å²) in [5, 5.41) is 3.42. The first-order valence-corrected chi connectivity index (χ1v) is 8.66. The number of anilines is 1. The molecule has 4 N–H and O–H groups in total. The summed E-state index contributed by atoms with van der Waals surface area (Å²) in [5.74, 6) is 5.51. The maximum atomic E-state index is 12.5. The van der Waals surface area contributed by atoms with E-state index in [9.17, 15) is 4.79 Å². The number of amides is 1. The SMILES string of the molecule is N/N=C(\N)CCC(=O)N1CCc2c(CCc3ccccc3)cccc21. The molecule has 1 heterocycles. The van der Waals surface area contributed by atoms with E-state index in [0.29, 0.717) is 18.7 Å². The molecule has 2 aromatic rings. The van der Waals surface area contributed by atoms with E-state index in [2.05, 4.69) is 35.4 Å². The van der Waals surface area contributed by atoms with Gasteiger partial charge in [-0.15, -0.1) is 0 Å². The maximum absolute atomic E-state index is 12.5. The average molecular weight is 336 g/mol. The molecule has 0 spiro atoms. The first-order valence-electron chi connectivity index (χ1n) is 8.66. The van der Waals surface area contributed by atoms with Crippen molar-refractivity contribution in [3.63, 3.8) is 0 Å². The zero-order chi connectivity index (χ0) is 17.6. The molecule has 5 heteroatoms. The fraction of sp³-hybridized carbons (Fsp3) is 0.300. The molecule has 0 aromatic heterocycles. The number of rotatable bonds is 6. The number of benzene rings is 2. The number of aryl methyl sites for hydroxylation is 2. The molecular weight excluding hydrogens is 312 g/mol. The Balaban J connectivity index is 1.69. The van der Waals surface area contributed by atoms with E-state index in [0.717, 1.165) is 31.5 Å². The van der Waals surface area contributed by atoms with Crippen molar-refractivity contribution >= 4 is 17.4 Å². The second-order valence-corrected chi connectivity index (χ2v) is 6.32. The molecule has 0 radical (unpaired) electrons. The lowest BCUT2D eigenvalue weighted by atomic mass is 9.98. The minimum Gasteiger partial charge on any atom is -0.386 e. The van der Waals surface area contributed by atoms with Gasteiger partial charge in [0.1, 0.15) is 5.84 Å². The summed E-state index contributed by atoms with van der Waals surface area (Å²) in [6.45, 7) is 0.732. The summed E-state index contributed by atoms with van der Waals surface area (Å²) >= 11 is 0. The highest BCUT2D eigenvalue weighted by Gasteiger charge is 2.26. The van der Waals surface area contributed by atoms with Crippen LogP contribution in [0.15, 0.2) is 53.6 Å². The molecule has 0 fully saturated rings. The molecule has 2 aromatic carbocycles. The molecule has 0 atom stereocenters. The molecule has 0 saturated heterocycles. The summed E-state index contributed by atoms with van der Waals surface area (Å²) in [6.07, 6.45) is 3.64. The highest BCUT2D eigenvalue weighted by Crippen LogP contribution is 2.32. The number of nitrogens with two attached hydrogens (primary N) is 2.